The van der Waals surface area contributed by atoms with Crippen molar-refractivity contribution >= 4 is 5.96 Å². The number of ether oxygens (including phenoxy) is 2. The van der Waals surface area contributed by atoms with Crippen molar-refractivity contribution in [2.24, 2.45) is 16.3 Å². The lowest BCUT2D eigenvalue weighted by molar-refractivity contribution is -0.106. The van der Waals surface area contributed by atoms with Crippen LogP contribution in [0.4, 0.5) is 0 Å². The molecule has 1 heterocycles. The lowest BCUT2D eigenvalue weighted by atomic mass is 9.57. The minimum Gasteiger partial charge on any atom is -0.497 e. The molecule has 4 unspecified atom stereocenters. The van der Waals surface area contributed by atoms with E-state index in [0.29, 0.717) is 24.0 Å². The molecule has 5 nitrogen and oxygen atoms in total. The minimum absolute atomic E-state index is 0.162. The van der Waals surface area contributed by atoms with Gasteiger partial charge in [0.05, 0.1) is 13.2 Å². The summed E-state index contributed by atoms with van der Waals surface area (Å²) in [5.41, 5.74) is 1.50. The van der Waals surface area contributed by atoms with Crippen LogP contribution in [0.2, 0.25) is 0 Å². The summed E-state index contributed by atoms with van der Waals surface area (Å²) in [6.45, 7) is 8.62. The van der Waals surface area contributed by atoms with Crippen LogP contribution in [0.5, 0.6) is 5.75 Å². The maximum absolute atomic E-state index is 5.88. The third-order valence-electron chi connectivity index (χ3n) is 6.17. The van der Waals surface area contributed by atoms with Gasteiger partial charge in [-0.1, -0.05) is 32.9 Å². The van der Waals surface area contributed by atoms with E-state index < -0.39 is 0 Å². The predicted octanol–water partition coefficient (Wildman–Crippen LogP) is 3.17. The van der Waals surface area contributed by atoms with Crippen molar-refractivity contribution < 1.29 is 9.47 Å². The zero-order valence-electron chi connectivity index (χ0n) is 16.7. The molecule has 1 aliphatic carbocycles. The molecule has 5 heteroatoms. The molecule has 26 heavy (non-hydrogen) atoms. The highest BCUT2D eigenvalue weighted by Gasteiger charge is 2.59. The molecule has 2 fully saturated rings. The Labute approximate surface area is 157 Å². The van der Waals surface area contributed by atoms with E-state index in [1.165, 1.54) is 5.56 Å². The molecular formula is C21H33N3O2. The summed E-state index contributed by atoms with van der Waals surface area (Å²) in [6, 6.07) is 8.78. The standard InChI is InChI=1S/C21H33N3O2/c1-14(15-6-8-16(25-5)9-7-15)10-12-23-20(22-4)24-18-17-11-13-26-19(17)21(18,2)3/h6-9,14,17-19H,10-13H2,1-5H3,(H2,22,23,24). The third-order valence-corrected chi connectivity index (χ3v) is 6.17. The van der Waals surface area contributed by atoms with Crippen molar-refractivity contribution in [2.75, 3.05) is 27.3 Å². The van der Waals surface area contributed by atoms with Crippen molar-refractivity contribution in [3.63, 3.8) is 0 Å². The lowest BCUT2D eigenvalue weighted by Gasteiger charge is -2.54. The number of hydrogen-bond acceptors (Lipinski definition) is 3. The van der Waals surface area contributed by atoms with E-state index in [4.69, 9.17) is 9.47 Å². The number of benzene rings is 1. The Morgan fingerprint density at radius 1 is 1.35 bits per heavy atom. The second-order valence-electron chi connectivity index (χ2n) is 8.15. The first-order valence-electron chi connectivity index (χ1n) is 9.70. The van der Waals surface area contributed by atoms with E-state index in [0.717, 1.165) is 37.7 Å². The molecule has 2 aliphatic rings. The molecule has 0 bridgehead atoms. The number of nitrogens with zero attached hydrogens (tertiary/aromatic N) is 1. The quantitative estimate of drug-likeness (QED) is 0.605. The van der Waals surface area contributed by atoms with Crippen molar-refractivity contribution in [2.45, 2.75) is 51.7 Å². The predicted molar refractivity (Wildman–Crippen MR) is 106 cm³/mol. The molecule has 4 atom stereocenters. The van der Waals surface area contributed by atoms with E-state index >= 15 is 0 Å². The van der Waals surface area contributed by atoms with Gasteiger partial charge in [-0.2, -0.15) is 0 Å². The topological polar surface area (TPSA) is 54.9 Å². The van der Waals surface area contributed by atoms with Crippen LogP contribution in [0.1, 0.15) is 45.1 Å². The number of aliphatic imine (C=N–C) groups is 1. The molecule has 0 radical (unpaired) electrons. The zero-order valence-corrected chi connectivity index (χ0v) is 16.7. The fourth-order valence-electron chi connectivity index (χ4n) is 4.47. The summed E-state index contributed by atoms with van der Waals surface area (Å²) in [5, 5.41) is 7.12. The van der Waals surface area contributed by atoms with Gasteiger partial charge in [-0.3, -0.25) is 4.99 Å². The van der Waals surface area contributed by atoms with Crippen LogP contribution in [-0.2, 0) is 4.74 Å². The number of methoxy groups -OCH3 is 1. The molecule has 0 aromatic heterocycles. The molecular weight excluding hydrogens is 326 g/mol. The van der Waals surface area contributed by atoms with Crippen molar-refractivity contribution in [1.82, 2.24) is 10.6 Å². The molecule has 1 aliphatic heterocycles. The van der Waals surface area contributed by atoms with Gasteiger partial charge in [0.25, 0.3) is 0 Å². The van der Waals surface area contributed by atoms with Gasteiger partial charge in [-0.15, -0.1) is 0 Å². The number of hydrogen-bond donors (Lipinski definition) is 2. The van der Waals surface area contributed by atoms with E-state index in [-0.39, 0.29) is 5.41 Å². The molecule has 2 N–H and O–H groups in total. The highest BCUT2D eigenvalue weighted by atomic mass is 16.5. The monoisotopic (exact) mass is 359 g/mol. The fourth-order valence-corrected chi connectivity index (χ4v) is 4.47. The van der Waals surface area contributed by atoms with Gasteiger partial charge in [0.1, 0.15) is 5.75 Å². The smallest absolute Gasteiger partial charge is 0.191 e. The summed E-state index contributed by atoms with van der Waals surface area (Å²) < 4.78 is 11.1. The van der Waals surface area contributed by atoms with Gasteiger partial charge in [0.15, 0.2) is 5.96 Å². The Morgan fingerprint density at radius 3 is 2.73 bits per heavy atom. The SMILES string of the molecule is CN=C(NCCC(C)c1ccc(OC)cc1)NC1C2CCOC2C1(C)C. The van der Waals surface area contributed by atoms with E-state index in [1.54, 1.807) is 7.11 Å². The summed E-state index contributed by atoms with van der Waals surface area (Å²) in [5.74, 6) is 2.90. The molecule has 144 valence electrons. The molecule has 1 aromatic rings. The van der Waals surface area contributed by atoms with Crippen LogP contribution in [0.25, 0.3) is 0 Å². The van der Waals surface area contributed by atoms with E-state index in [1.807, 2.05) is 19.2 Å². The van der Waals surface area contributed by atoms with E-state index in [2.05, 4.69) is 48.5 Å². The average molecular weight is 360 g/mol. The van der Waals surface area contributed by atoms with Crippen LogP contribution < -0.4 is 15.4 Å². The molecule has 3 rings (SSSR count). The van der Waals surface area contributed by atoms with Crippen LogP contribution in [0.15, 0.2) is 29.3 Å². The van der Waals surface area contributed by atoms with Crippen molar-refractivity contribution in [3.8, 4) is 5.75 Å². The first-order valence-corrected chi connectivity index (χ1v) is 9.70. The first kappa shape index (κ1) is 19.0. The second kappa shape index (κ2) is 7.87. The molecule has 1 aromatic carbocycles. The van der Waals surface area contributed by atoms with Gasteiger partial charge in [0, 0.05) is 37.6 Å². The highest BCUT2D eigenvalue weighted by Crippen LogP contribution is 2.52. The second-order valence-corrected chi connectivity index (χ2v) is 8.15. The van der Waals surface area contributed by atoms with Gasteiger partial charge >= 0.3 is 0 Å². The van der Waals surface area contributed by atoms with Gasteiger partial charge in [-0.25, -0.2) is 0 Å². The average Bonchev–Trinajstić information content (AvgIpc) is 3.11. The Balaban J connectivity index is 1.47. The Bertz CT molecular complexity index is 627. The maximum atomic E-state index is 5.88. The van der Waals surface area contributed by atoms with E-state index in [9.17, 15) is 0 Å². The van der Waals surface area contributed by atoms with Gasteiger partial charge in [0.2, 0.25) is 0 Å². The number of fused-ring (bicyclic) bond motifs is 1. The summed E-state index contributed by atoms with van der Waals surface area (Å²) in [7, 11) is 3.54. The summed E-state index contributed by atoms with van der Waals surface area (Å²) >= 11 is 0. The molecule has 0 spiro atoms. The van der Waals surface area contributed by atoms with Crippen molar-refractivity contribution in [3.05, 3.63) is 29.8 Å². The minimum atomic E-state index is 0.162. The number of rotatable bonds is 6. The maximum Gasteiger partial charge on any atom is 0.191 e. The zero-order chi connectivity index (χ0) is 18.7. The van der Waals surface area contributed by atoms with Gasteiger partial charge in [-0.05, 0) is 36.5 Å². The van der Waals surface area contributed by atoms with Crippen LogP contribution in [-0.4, -0.2) is 45.4 Å². The number of guanidine groups is 1. The van der Waals surface area contributed by atoms with Crippen molar-refractivity contribution in [1.29, 1.82) is 0 Å². The summed E-state index contributed by atoms with van der Waals surface area (Å²) in [4.78, 5) is 4.42. The summed E-state index contributed by atoms with van der Waals surface area (Å²) in [6.07, 6.45) is 2.60. The third kappa shape index (κ3) is 3.68. The Morgan fingerprint density at radius 2 is 2.08 bits per heavy atom. The lowest BCUT2D eigenvalue weighted by Crippen LogP contribution is -2.68. The Kier molecular flexibility index (Phi) is 5.76. The van der Waals surface area contributed by atoms with Crippen LogP contribution >= 0.6 is 0 Å². The fraction of sp³-hybridized carbons (Fsp3) is 0.667. The molecule has 1 saturated heterocycles. The number of nitrogens with one attached hydrogen (secondary N) is 2. The van der Waals surface area contributed by atoms with Gasteiger partial charge < -0.3 is 20.1 Å². The van der Waals surface area contributed by atoms with Crippen LogP contribution in [0.3, 0.4) is 0 Å². The molecule has 1 saturated carbocycles. The van der Waals surface area contributed by atoms with Crippen LogP contribution in [0, 0.1) is 11.3 Å². The highest BCUT2D eigenvalue weighted by molar-refractivity contribution is 5.80. The largest absolute Gasteiger partial charge is 0.497 e. The first-order chi connectivity index (χ1) is 12.5. The normalized spacial score (nSPS) is 28.0. The Hall–Kier alpha value is -1.75. The molecule has 0 amide bonds.